The molecule has 3 aromatic rings. The maximum atomic E-state index is 12.4. The minimum absolute atomic E-state index is 0.0704. The minimum Gasteiger partial charge on any atom is -0.348 e. The molecule has 1 aromatic heterocycles. The standard InChI is InChI=1S/C21H20N2O2/c1-15-6-5-7-16(2)20(15)21(25)22-14-17-9-11-18(12-10-17)23-13-4-3-8-19(23)24/h3-13H,14H2,1-2H3,(H,22,25). The molecule has 3 rings (SSSR count). The molecule has 1 N–H and O–H groups in total. The Kier molecular flexibility index (Phi) is 4.80. The first-order valence-corrected chi connectivity index (χ1v) is 8.17. The Hall–Kier alpha value is -3.14. The smallest absolute Gasteiger partial charge is 0.255 e. The van der Waals surface area contributed by atoms with E-state index in [0.29, 0.717) is 6.54 Å². The normalized spacial score (nSPS) is 10.5. The molecule has 126 valence electrons. The van der Waals surface area contributed by atoms with Gasteiger partial charge in [-0.05, 0) is 48.7 Å². The van der Waals surface area contributed by atoms with Crippen LogP contribution in [0.15, 0.2) is 71.7 Å². The van der Waals surface area contributed by atoms with Gasteiger partial charge in [0, 0.05) is 30.1 Å². The summed E-state index contributed by atoms with van der Waals surface area (Å²) < 4.78 is 1.58. The van der Waals surface area contributed by atoms with Crippen LogP contribution in [0.3, 0.4) is 0 Å². The minimum atomic E-state index is -0.0708. The van der Waals surface area contributed by atoms with Gasteiger partial charge in [0.15, 0.2) is 0 Å². The quantitative estimate of drug-likeness (QED) is 0.796. The average Bonchev–Trinajstić information content (AvgIpc) is 2.61. The summed E-state index contributed by atoms with van der Waals surface area (Å²) in [6, 6.07) is 18.5. The third kappa shape index (κ3) is 3.69. The van der Waals surface area contributed by atoms with Gasteiger partial charge in [-0.15, -0.1) is 0 Å². The molecule has 0 saturated heterocycles. The highest BCUT2D eigenvalue weighted by molar-refractivity contribution is 5.97. The van der Waals surface area contributed by atoms with Gasteiger partial charge in [-0.3, -0.25) is 14.2 Å². The lowest BCUT2D eigenvalue weighted by Crippen LogP contribution is -2.24. The first-order chi connectivity index (χ1) is 12.1. The summed E-state index contributed by atoms with van der Waals surface area (Å²) in [6.07, 6.45) is 1.74. The summed E-state index contributed by atoms with van der Waals surface area (Å²) in [4.78, 5) is 24.3. The van der Waals surface area contributed by atoms with Crippen LogP contribution in [0.4, 0.5) is 0 Å². The predicted octanol–water partition coefficient (Wildman–Crippen LogP) is 3.38. The first-order valence-electron chi connectivity index (χ1n) is 8.17. The number of aryl methyl sites for hydroxylation is 2. The van der Waals surface area contributed by atoms with Gasteiger partial charge in [0.1, 0.15) is 0 Å². The van der Waals surface area contributed by atoms with Crippen LogP contribution in [0.2, 0.25) is 0 Å². The van der Waals surface area contributed by atoms with Crippen molar-refractivity contribution < 1.29 is 4.79 Å². The summed E-state index contributed by atoms with van der Waals surface area (Å²) >= 11 is 0. The van der Waals surface area contributed by atoms with E-state index in [1.54, 1.807) is 16.8 Å². The van der Waals surface area contributed by atoms with E-state index in [2.05, 4.69) is 5.32 Å². The van der Waals surface area contributed by atoms with E-state index in [1.807, 2.05) is 62.4 Å². The molecular formula is C21H20N2O2. The Morgan fingerprint density at radius 3 is 2.24 bits per heavy atom. The number of benzene rings is 2. The van der Waals surface area contributed by atoms with Crippen LogP contribution in [0.5, 0.6) is 0 Å². The van der Waals surface area contributed by atoms with E-state index in [-0.39, 0.29) is 11.5 Å². The number of pyridine rings is 1. The van der Waals surface area contributed by atoms with E-state index in [0.717, 1.165) is 27.9 Å². The number of carbonyl (C=O) groups is 1. The topological polar surface area (TPSA) is 51.1 Å². The molecule has 0 spiro atoms. The van der Waals surface area contributed by atoms with Gasteiger partial charge >= 0.3 is 0 Å². The van der Waals surface area contributed by atoms with Gasteiger partial charge in [-0.2, -0.15) is 0 Å². The summed E-state index contributed by atoms with van der Waals surface area (Å²) in [5.74, 6) is -0.0704. The van der Waals surface area contributed by atoms with Crippen molar-refractivity contribution in [2.75, 3.05) is 0 Å². The second kappa shape index (κ2) is 7.18. The third-order valence-corrected chi connectivity index (χ3v) is 4.20. The molecule has 0 aliphatic heterocycles. The Morgan fingerprint density at radius 1 is 0.920 bits per heavy atom. The van der Waals surface area contributed by atoms with Crippen LogP contribution in [-0.4, -0.2) is 10.5 Å². The van der Waals surface area contributed by atoms with Gasteiger partial charge in [-0.1, -0.05) is 36.4 Å². The van der Waals surface area contributed by atoms with Crippen LogP contribution in [0.1, 0.15) is 27.0 Å². The van der Waals surface area contributed by atoms with Crippen molar-refractivity contribution in [1.29, 1.82) is 0 Å². The van der Waals surface area contributed by atoms with Crippen LogP contribution in [0.25, 0.3) is 5.69 Å². The van der Waals surface area contributed by atoms with E-state index >= 15 is 0 Å². The summed E-state index contributed by atoms with van der Waals surface area (Å²) in [7, 11) is 0. The van der Waals surface area contributed by atoms with Gasteiger partial charge < -0.3 is 5.32 Å². The Labute approximate surface area is 146 Å². The van der Waals surface area contributed by atoms with Crippen LogP contribution in [0, 0.1) is 13.8 Å². The molecule has 0 unspecified atom stereocenters. The van der Waals surface area contributed by atoms with Gasteiger partial charge in [0.05, 0.1) is 0 Å². The zero-order chi connectivity index (χ0) is 17.8. The maximum absolute atomic E-state index is 12.4. The van der Waals surface area contributed by atoms with Crippen LogP contribution >= 0.6 is 0 Å². The largest absolute Gasteiger partial charge is 0.348 e. The van der Waals surface area contributed by atoms with E-state index in [9.17, 15) is 9.59 Å². The fourth-order valence-corrected chi connectivity index (χ4v) is 2.86. The molecule has 4 nitrogen and oxygen atoms in total. The molecule has 0 bridgehead atoms. The molecule has 0 radical (unpaired) electrons. The Bertz CT molecular complexity index is 936. The molecule has 0 aliphatic rings. The number of amides is 1. The van der Waals surface area contributed by atoms with Crippen LogP contribution < -0.4 is 10.9 Å². The summed E-state index contributed by atoms with van der Waals surface area (Å²) in [5, 5.41) is 2.96. The summed E-state index contributed by atoms with van der Waals surface area (Å²) in [5.41, 5.74) is 4.38. The van der Waals surface area contributed by atoms with Crippen molar-refractivity contribution in [2.45, 2.75) is 20.4 Å². The van der Waals surface area contributed by atoms with Crippen molar-refractivity contribution in [2.24, 2.45) is 0 Å². The number of aromatic nitrogens is 1. The number of carbonyl (C=O) groups excluding carboxylic acids is 1. The molecule has 1 amide bonds. The fraction of sp³-hybridized carbons (Fsp3) is 0.143. The highest BCUT2D eigenvalue weighted by atomic mass is 16.1. The lowest BCUT2D eigenvalue weighted by atomic mass is 10.0. The molecule has 25 heavy (non-hydrogen) atoms. The third-order valence-electron chi connectivity index (χ3n) is 4.20. The van der Waals surface area contributed by atoms with E-state index in [1.165, 1.54) is 6.07 Å². The van der Waals surface area contributed by atoms with Gasteiger partial charge in [0.25, 0.3) is 11.5 Å². The molecule has 0 fully saturated rings. The number of hydrogen-bond donors (Lipinski definition) is 1. The molecule has 2 aromatic carbocycles. The lowest BCUT2D eigenvalue weighted by molar-refractivity contribution is 0.0949. The molecule has 1 heterocycles. The predicted molar refractivity (Wildman–Crippen MR) is 99.1 cm³/mol. The Morgan fingerprint density at radius 2 is 1.60 bits per heavy atom. The second-order valence-electron chi connectivity index (χ2n) is 6.02. The van der Waals surface area contributed by atoms with E-state index in [4.69, 9.17) is 0 Å². The van der Waals surface area contributed by atoms with Crippen molar-refractivity contribution >= 4 is 5.91 Å². The second-order valence-corrected chi connectivity index (χ2v) is 6.02. The lowest BCUT2D eigenvalue weighted by Gasteiger charge is -2.11. The monoisotopic (exact) mass is 332 g/mol. The number of nitrogens with one attached hydrogen (secondary N) is 1. The first kappa shape index (κ1) is 16.7. The van der Waals surface area contributed by atoms with Crippen molar-refractivity contribution in [1.82, 2.24) is 9.88 Å². The maximum Gasteiger partial charge on any atom is 0.255 e. The van der Waals surface area contributed by atoms with Gasteiger partial charge in [0.2, 0.25) is 0 Å². The van der Waals surface area contributed by atoms with Crippen molar-refractivity contribution in [3.63, 3.8) is 0 Å². The number of hydrogen-bond acceptors (Lipinski definition) is 2. The summed E-state index contributed by atoms with van der Waals surface area (Å²) in [6.45, 7) is 4.32. The van der Waals surface area contributed by atoms with Crippen LogP contribution in [-0.2, 0) is 6.54 Å². The zero-order valence-electron chi connectivity index (χ0n) is 14.3. The van der Waals surface area contributed by atoms with Crippen molar-refractivity contribution in [3.8, 4) is 5.69 Å². The highest BCUT2D eigenvalue weighted by Gasteiger charge is 2.11. The van der Waals surface area contributed by atoms with Gasteiger partial charge in [-0.25, -0.2) is 0 Å². The highest BCUT2D eigenvalue weighted by Crippen LogP contribution is 2.13. The zero-order valence-corrected chi connectivity index (χ0v) is 14.3. The van der Waals surface area contributed by atoms with E-state index < -0.39 is 0 Å². The molecule has 0 saturated carbocycles. The molecule has 0 atom stereocenters. The van der Waals surface area contributed by atoms with Crippen molar-refractivity contribution in [3.05, 3.63) is 99.5 Å². The average molecular weight is 332 g/mol. The SMILES string of the molecule is Cc1cccc(C)c1C(=O)NCc1ccc(-n2ccccc2=O)cc1. The molecule has 4 heteroatoms. The number of rotatable bonds is 4. The fourth-order valence-electron chi connectivity index (χ4n) is 2.86. The number of nitrogens with zero attached hydrogens (tertiary/aromatic N) is 1. The molecular weight excluding hydrogens is 312 g/mol. The molecule has 0 aliphatic carbocycles. The Balaban J connectivity index is 1.71.